The minimum atomic E-state index is -4.70. The molecule has 0 radical (unpaired) electrons. The lowest BCUT2D eigenvalue weighted by molar-refractivity contribution is -0.140. The number of alkyl halides is 3. The summed E-state index contributed by atoms with van der Waals surface area (Å²) in [6.45, 7) is -0.0907. The van der Waals surface area contributed by atoms with Crippen LogP contribution in [-0.2, 0) is 17.4 Å². The second-order valence-electron chi connectivity index (χ2n) is 2.89. The SMILES string of the molecule is NOCCc1cccc(F)c1C(F)(F)F. The van der Waals surface area contributed by atoms with E-state index in [4.69, 9.17) is 5.90 Å². The van der Waals surface area contributed by atoms with E-state index in [0.29, 0.717) is 0 Å². The van der Waals surface area contributed by atoms with Crippen molar-refractivity contribution in [3.8, 4) is 0 Å². The zero-order valence-corrected chi connectivity index (χ0v) is 7.64. The van der Waals surface area contributed by atoms with E-state index in [-0.39, 0.29) is 18.6 Å². The molecule has 2 nitrogen and oxygen atoms in total. The predicted molar refractivity (Wildman–Crippen MR) is 45.2 cm³/mol. The summed E-state index contributed by atoms with van der Waals surface area (Å²) in [5, 5.41) is 0. The van der Waals surface area contributed by atoms with Crippen LogP contribution < -0.4 is 5.90 Å². The normalized spacial score (nSPS) is 11.8. The van der Waals surface area contributed by atoms with Crippen LogP contribution in [0.2, 0.25) is 0 Å². The van der Waals surface area contributed by atoms with E-state index in [2.05, 4.69) is 4.84 Å². The quantitative estimate of drug-likeness (QED) is 0.630. The van der Waals surface area contributed by atoms with E-state index in [1.807, 2.05) is 0 Å². The van der Waals surface area contributed by atoms with E-state index in [0.717, 1.165) is 6.07 Å². The molecule has 1 aromatic rings. The molecular formula is C9H9F4NO. The first-order valence-corrected chi connectivity index (χ1v) is 4.13. The molecule has 1 aromatic carbocycles. The molecule has 84 valence electrons. The molecule has 0 fully saturated rings. The van der Waals surface area contributed by atoms with Crippen molar-refractivity contribution in [1.82, 2.24) is 0 Å². The van der Waals surface area contributed by atoms with Gasteiger partial charge in [0.15, 0.2) is 0 Å². The highest BCUT2D eigenvalue weighted by atomic mass is 19.4. The van der Waals surface area contributed by atoms with Gasteiger partial charge in [0.1, 0.15) is 5.82 Å². The van der Waals surface area contributed by atoms with Crippen molar-refractivity contribution in [1.29, 1.82) is 0 Å². The fraction of sp³-hybridized carbons (Fsp3) is 0.333. The zero-order chi connectivity index (χ0) is 11.5. The lowest BCUT2D eigenvalue weighted by Crippen LogP contribution is -2.14. The number of rotatable bonds is 3. The molecule has 6 heteroatoms. The van der Waals surface area contributed by atoms with Crippen LogP contribution in [0.1, 0.15) is 11.1 Å². The third kappa shape index (κ3) is 2.90. The highest BCUT2D eigenvalue weighted by Crippen LogP contribution is 2.34. The number of nitrogens with two attached hydrogens (primary N) is 1. The standard InChI is InChI=1S/C9H9F4NO/c10-7-3-1-2-6(4-5-15-14)8(7)9(11,12)13/h1-3H,4-5,14H2. The van der Waals surface area contributed by atoms with Crippen LogP contribution >= 0.6 is 0 Å². The van der Waals surface area contributed by atoms with Gasteiger partial charge in [-0.25, -0.2) is 10.3 Å². The summed E-state index contributed by atoms with van der Waals surface area (Å²) >= 11 is 0. The third-order valence-corrected chi connectivity index (χ3v) is 1.87. The zero-order valence-electron chi connectivity index (χ0n) is 7.64. The van der Waals surface area contributed by atoms with E-state index in [9.17, 15) is 17.6 Å². The van der Waals surface area contributed by atoms with Crippen molar-refractivity contribution in [2.45, 2.75) is 12.6 Å². The second-order valence-corrected chi connectivity index (χ2v) is 2.89. The Morgan fingerprint density at radius 3 is 2.47 bits per heavy atom. The molecule has 0 bridgehead atoms. The Morgan fingerprint density at radius 2 is 1.93 bits per heavy atom. The van der Waals surface area contributed by atoms with Gasteiger partial charge in [-0.1, -0.05) is 12.1 Å². The Bertz CT molecular complexity index is 337. The molecule has 0 amide bonds. The number of hydrogen-bond acceptors (Lipinski definition) is 2. The van der Waals surface area contributed by atoms with Crippen LogP contribution in [0.5, 0.6) is 0 Å². The van der Waals surface area contributed by atoms with Gasteiger partial charge in [0.05, 0.1) is 12.2 Å². The number of benzene rings is 1. The molecule has 0 saturated carbocycles. The van der Waals surface area contributed by atoms with Gasteiger partial charge in [0.2, 0.25) is 0 Å². The molecule has 0 saturated heterocycles. The fourth-order valence-corrected chi connectivity index (χ4v) is 1.26. The van der Waals surface area contributed by atoms with Crippen LogP contribution in [0.15, 0.2) is 18.2 Å². The van der Waals surface area contributed by atoms with Gasteiger partial charge in [-0.05, 0) is 18.1 Å². The maximum Gasteiger partial charge on any atom is 0.419 e. The molecule has 0 aliphatic heterocycles. The molecule has 0 heterocycles. The molecule has 2 N–H and O–H groups in total. The van der Waals surface area contributed by atoms with E-state index < -0.39 is 17.6 Å². The summed E-state index contributed by atoms with van der Waals surface area (Å²) in [5.41, 5.74) is -1.41. The topological polar surface area (TPSA) is 35.2 Å². The first-order chi connectivity index (χ1) is 6.96. The summed E-state index contributed by atoms with van der Waals surface area (Å²) in [5.74, 6) is 3.42. The maximum atomic E-state index is 13.0. The minimum Gasteiger partial charge on any atom is -0.304 e. The Labute approximate surface area is 83.6 Å². The van der Waals surface area contributed by atoms with Crippen molar-refractivity contribution in [3.05, 3.63) is 35.1 Å². The minimum absolute atomic E-state index is 0.0803. The average Bonchev–Trinajstić information content (AvgIpc) is 2.12. The van der Waals surface area contributed by atoms with Crippen molar-refractivity contribution in [3.63, 3.8) is 0 Å². The molecule has 0 atom stereocenters. The van der Waals surface area contributed by atoms with Crippen LogP contribution in [0.3, 0.4) is 0 Å². The predicted octanol–water partition coefficient (Wildman–Crippen LogP) is 2.28. The van der Waals surface area contributed by atoms with Crippen LogP contribution in [0.4, 0.5) is 17.6 Å². The van der Waals surface area contributed by atoms with Gasteiger partial charge in [0, 0.05) is 0 Å². The molecule has 15 heavy (non-hydrogen) atoms. The van der Waals surface area contributed by atoms with E-state index >= 15 is 0 Å². The molecular weight excluding hydrogens is 214 g/mol. The lowest BCUT2D eigenvalue weighted by atomic mass is 10.0. The van der Waals surface area contributed by atoms with Crippen molar-refractivity contribution < 1.29 is 22.4 Å². The van der Waals surface area contributed by atoms with Crippen LogP contribution in [-0.4, -0.2) is 6.61 Å². The summed E-state index contributed by atoms with van der Waals surface area (Å²) in [6.07, 6.45) is -4.78. The smallest absolute Gasteiger partial charge is 0.304 e. The summed E-state index contributed by atoms with van der Waals surface area (Å²) in [6, 6.07) is 3.19. The van der Waals surface area contributed by atoms with Crippen molar-refractivity contribution >= 4 is 0 Å². The first kappa shape index (κ1) is 11.9. The summed E-state index contributed by atoms with van der Waals surface area (Å²) in [4.78, 5) is 4.16. The second kappa shape index (κ2) is 4.59. The van der Waals surface area contributed by atoms with Crippen molar-refractivity contribution in [2.24, 2.45) is 5.90 Å². The largest absolute Gasteiger partial charge is 0.419 e. The Kier molecular flexibility index (Phi) is 3.65. The highest BCUT2D eigenvalue weighted by molar-refractivity contribution is 5.31. The van der Waals surface area contributed by atoms with Gasteiger partial charge in [0.25, 0.3) is 0 Å². The van der Waals surface area contributed by atoms with Gasteiger partial charge in [-0.2, -0.15) is 13.2 Å². The van der Waals surface area contributed by atoms with E-state index in [1.165, 1.54) is 12.1 Å². The lowest BCUT2D eigenvalue weighted by Gasteiger charge is -2.12. The Hall–Kier alpha value is -1.14. The molecule has 1 rings (SSSR count). The molecule has 0 aromatic heterocycles. The monoisotopic (exact) mass is 223 g/mol. The number of hydrogen-bond donors (Lipinski definition) is 1. The molecule has 0 unspecified atom stereocenters. The summed E-state index contributed by atoms with van der Waals surface area (Å²) in [7, 11) is 0. The Balaban J connectivity index is 3.09. The first-order valence-electron chi connectivity index (χ1n) is 4.13. The third-order valence-electron chi connectivity index (χ3n) is 1.87. The average molecular weight is 223 g/mol. The molecule has 0 aliphatic carbocycles. The van der Waals surface area contributed by atoms with Crippen molar-refractivity contribution in [2.75, 3.05) is 6.61 Å². The maximum absolute atomic E-state index is 13.0. The summed E-state index contributed by atoms with van der Waals surface area (Å²) < 4.78 is 50.3. The Morgan fingerprint density at radius 1 is 1.27 bits per heavy atom. The fourth-order valence-electron chi connectivity index (χ4n) is 1.26. The van der Waals surface area contributed by atoms with E-state index in [1.54, 1.807) is 0 Å². The highest BCUT2D eigenvalue weighted by Gasteiger charge is 2.36. The van der Waals surface area contributed by atoms with Crippen LogP contribution in [0.25, 0.3) is 0 Å². The van der Waals surface area contributed by atoms with Gasteiger partial charge < -0.3 is 4.84 Å². The van der Waals surface area contributed by atoms with Crippen LogP contribution in [0, 0.1) is 5.82 Å². The molecule has 0 spiro atoms. The van der Waals surface area contributed by atoms with Gasteiger partial charge in [-0.15, -0.1) is 0 Å². The molecule has 0 aliphatic rings. The number of halogens is 4. The van der Waals surface area contributed by atoms with Gasteiger partial charge in [-0.3, -0.25) is 0 Å². The van der Waals surface area contributed by atoms with Gasteiger partial charge >= 0.3 is 6.18 Å².